The van der Waals surface area contributed by atoms with Gasteiger partial charge in [0.1, 0.15) is 42.1 Å². The summed E-state index contributed by atoms with van der Waals surface area (Å²) in [6.45, 7) is 4.63. The number of fused-ring (bicyclic) bond motifs is 1. The maximum Gasteiger partial charge on any atom is 0.280 e. The lowest BCUT2D eigenvalue weighted by Crippen LogP contribution is -2.31. The monoisotopic (exact) mass is 488 g/mol. The van der Waals surface area contributed by atoms with Gasteiger partial charge in [-0.05, 0) is 44.9 Å². The predicted octanol–water partition coefficient (Wildman–Crippen LogP) is 2.74. The van der Waals surface area contributed by atoms with Gasteiger partial charge in [0.2, 0.25) is 0 Å². The number of hydrogen-bond acceptors (Lipinski definition) is 8. The van der Waals surface area contributed by atoms with Crippen molar-refractivity contribution in [1.82, 2.24) is 20.1 Å². The maximum absolute atomic E-state index is 14.5. The molecule has 2 aromatic heterocycles. The van der Waals surface area contributed by atoms with Crippen molar-refractivity contribution in [3.05, 3.63) is 53.4 Å². The van der Waals surface area contributed by atoms with Crippen LogP contribution in [-0.4, -0.2) is 52.2 Å². The van der Waals surface area contributed by atoms with Crippen LogP contribution in [0.25, 0.3) is 5.52 Å². The molecule has 1 aromatic carbocycles. The Kier molecular flexibility index (Phi) is 6.03. The molecule has 0 bridgehead atoms. The number of ether oxygens (including phenoxy) is 2. The van der Waals surface area contributed by atoms with Gasteiger partial charge in [0.15, 0.2) is 11.6 Å². The summed E-state index contributed by atoms with van der Waals surface area (Å²) in [5.74, 6) is -1.76. The van der Waals surface area contributed by atoms with Gasteiger partial charge in [0, 0.05) is 18.2 Å². The quantitative estimate of drug-likeness (QED) is 0.509. The van der Waals surface area contributed by atoms with Crippen LogP contribution in [-0.2, 0) is 14.3 Å². The van der Waals surface area contributed by atoms with Gasteiger partial charge in [-0.25, -0.2) is 23.8 Å². The predicted molar refractivity (Wildman–Crippen MR) is 121 cm³/mol. The minimum atomic E-state index is -0.698. The molecule has 0 radical (unpaired) electrons. The molecule has 2 fully saturated rings. The summed E-state index contributed by atoms with van der Waals surface area (Å²) in [5, 5.41) is 4.15. The van der Waals surface area contributed by atoms with Crippen LogP contribution in [0.4, 0.5) is 20.4 Å². The van der Waals surface area contributed by atoms with E-state index in [9.17, 15) is 13.6 Å². The number of carbonyl (C=O) groups is 1. The number of aromatic nitrogens is 3. The third-order valence-electron chi connectivity index (χ3n) is 6.13. The Labute approximate surface area is 199 Å². The van der Waals surface area contributed by atoms with E-state index in [4.69, 9.17) is 20.0 Å². The first-order valence-electron chi connectivity index (χ1n) is 11.3. The Bertz CT molecular complexity index is 1270. The van der Waals surface area contributed by atoms with Crippen LogP contribution < -0.4 is 16.1 Å². The molecule has 2 aliphatic heterocycles. The van der Waals surface area contributed by atoms with E-state index in [-0.39, 0.29) is 35.7 Å². The van der Waals surface area contributed by atoms with Crippen LogP contribution >= 0.6 is 0 Å². The summed E-state index contributed by atoms with van der Waals surface area (Å²) in [5.41, 5.74) is 9.18. The Hall–Kier alpha value is -3.35. The number of benzene rings is 1. The molecule has 5 rings (SSSR count). The number of nitrogens with zero attached hydrogens (tertiary/aromatic N) is 4. The minimum Gasteiger partial charge on any atom is -0.382 e. The zero-order chi connectivity index (χ0) is 24.7. The van der Waals surface area contributed by atoms with Gasteiger partial charge in [-0.15, -0.1) is 5.10 Å². The second-order valence-corrected chi connectivity index (χ2v) is 9.05. The molecule has 0 saturated carbocycles. The molecular weight excluding hydrogens is 462 g/mol. The SMILES string of the molecule is CC1(C)OCC(CONC(=O)c2c(N)nn3cnc(N4CCCC4c4cc(F)ccc4F)cc23)O1. The standard InChI is InChI=1S/C23H26F2N6O4/c1-23(2)33-10-14(35-23)11-34-29-22(32)20-18-9-19(27-12-31(18)28-21(20)26)30-7-3-4-17(30)15-8-13(24)5-6-16(15)25/h5-6,8-9,12,14,17H,3-4,7,10-11H2,1-2H3,(H2,26,28)(H,29,32). The van der Waals surface area contributed by atoms with Gasteiger partial charge in [0.25, 0.3) is 5.91 Å². The van der Waals surface area contributed by atoms with E-state index in [1.165, 1.54) is 16.9 Å². The number of carbonyl (C=O) groups excluding carboxylic acids is 1. The lowest BCUT2D eigenvalue weighted by molar-refractivity contribution is -0.147. The molecular formula is C23H26F2N6O4. The number of hydroxylamine groups is 1. The maximum atomic E-state index is 14.5. The highest BCUT2D eigenvalue weighted by molar-refractivity contribution is 6.04. The van der Waals surface area contributed by atoms with Crippen molar-refractivity contribution >= 4 is 23.1 Å². The fraction of sp³-hybridized carbons (Fsp3) is 0.435. The first-order valence-corrected chi connectivity index (χ1v) is 11.3. The van der Waals surface area contributed by atoms with Gasteiger partial charge in [-0.3, -0.25) is 9.63 Å². The van der Waals surface area contributed by atoms with Gasteiger partial charge in [-0.1, -0.05) is 0 Å². The molecule has 4 heterocycles. The van der Waals surface area contributed by atoms with Crippen molar-refractivity contribution < 1.29 is 27.9 Å². The lowest BCUT2D eigenvalue weighted by atomic mass is 10.0. The smallest absolute Gasteiger partial charge is 0.280 e. The molecule has 0 aliphatic carbocycles. The average Bonchev–Trinajstić information content (AvgIpc) is 3.51. The van der Waals surface area contributed by atoms with Gasteiger partial charge in [0.05, 0.1) is 18.2 Å². The summed E-state index contributed by atoms with van der Waals surface area (Å²) in [4.78, 5) is 24.5. The molecule has 35 heavy (non-hydrogen) atoms. The minimum absolute atomic E-state index is 0.000722. The Balaban J connectivity index is 1.36. The topological polar surface area (TPSA) is 116 Å². The van der Waals surface area contributed by atoms with Crippen LogP contribution in [0, 0.1) is 11.6 Å². The highest BCUT2D eigenvalue weighted by atomic mass is 19.1. The molecule has 2 saturated heterocycles. The Morgan fingerprint density at radius 3 is 2.94 bits per heavy atom. The van der Waals surface area contributed by atoms with Gasteiger partial charge < -0.3 is 20.1 Å². The molecule has 1 amide bonds. The highest BCUT2D eigenvalue weighted by Crippen LogP contribution is 2.37. The van der Waals surface area contributed by atoms with E-state index in [1.54, 1.807) is 19.9 Å². The highest BCUT2D eigenvalue weighted by Gasteiger charge is 2.33. The molecule has 3 N–H and O–H groups in total. The third-order valence-corrected chi connectivity index (χ3v) is 6.13. The fourth-order valence-corrected chi connectivity index (χ4v) is 4.59. The van der Waals surface area contributed by atoms with Crippen molar-refractivity contribution in [1.29, 1.82) is 0 Å². The first kappa shape index (κ1) is 23.4. The van der Waals surface area contributed by atoms with Gasteiger partial charge >= 0.3 is 0 Å². The molecule has 2 aliphatic rings. The van der Waals surface area contributed by atoms with Crippen molar-refractivity contribution in [3.63, 3.8) is 0 Å². The lowest BCUT2D eigenvalue weighted by Gasteiger charge is -2.26. The van der Waals surface area contributed by atoms with Crippen LogP contribution in [0.1, 0.15) is 48.7 Å². The van der Waals surface area contributed by atoms with E-state index in [1.807, 2.05) is 4.90 Å². The Morgan fingerprint density at radius 2 is 2.17 bits per heavy atom. The molecule has 0 spiro atoms. The molecule has 2 unspecified atom stereocenters. The third kappa shape index (κ3) is 4.64. The molecule has 10 nitrogen and oxygen atoms in total. The first-order chi connectivity index (χ1) is 16.7. The summed E-state index contributed by atoms with van der Waals surface area (Å²) >= 11 is 0. The van der Waals surface area contributed by atoms with E-state index in [2.05, 4.69) is 15.6 Å². The van der Waals surface area contributed by atoms with Crippen molar-refractivity contribution in [2.24, 2.45) is 0 Å². The number of nitrogens with two attached hydrogens (primary N) is 1. The fourth-order valence-electron chi connectivity index (χ4n) is 4.59. The number of amides is 1. The van der Waals surface area contributed by atoms with E-state index < -0.39 is 23.3 Å². The van der Waals surface area contributed by atoms with Crippen molar-refractivity contribution in [2.45, 2.75) is 44.6 Å². The average molecular weight is 488 g/mol. The van der Waals surface area contributed by atoms with E-state index in [0.29, 0.717) is 30.9 Å². The summed E-state index contributed by atoms with van der Waals surface area (Å²) in [7, 11) is 0. The zero-order valence-corrected chi connectivity index (χ0v) is 19.3. The van der Waals surface area contributed by atoms with Crippen LogP contribution in [0.3, 0.4) is 0 Å². The van der Waals surface area contributed by atoms with Crippen LogP contribution in [0.5, 0.6) is 0 Å². The number of anilines is 2. The number of halogens is 2. The number of rotatable bonds is 6. The van der Waals surface area contributed by atoms with E-state index >= 15 is 0 Å². The summed E-state index contributed by atoms with van der Waals surface area (Å²) in [6, 6.07) is 4.70. The molecule has 2 atom stereocenters. The second-order valence-electron chi connectivity index (χ2n) is 9.05. The van der Waals surface area contributed by atoms with E-state index in [0.717, 1.165) is 18.6 Å². The zero-order valence-electron chi connectivity index (χ0n) is 19.3. The Morgan fingerprint density at radius 1 is 1.34 bits per heavy atom. The molecule has 3 aromatic rings. The molecule has 12 heteroatoms. The van der Waals surface area contributed by atoms with Crippen LogP contribution in [0.2, 0.25) is 0 Å². The second kappa shape index (κ2) is 9.02. The van der Waals surface area contributed by atoms with Crippen molar-refractivity contribution in [2.75, 3.05) is 30.4 Å². The number of hydrogen-bond donors (Lipinski definition) is 2. The normalized spacial score (nSPS) is 21.7. The summed E-state index contributed by atoms with van der Waals surface area (Å²) in [6.07, 6.45) is 2.53. The van der Waals surface area contributed by atoms with Crippen molar-refractivity contribution in [3.8, 4) is 0 Å². The number of nitrogen functional groups attached to an aromatic ring is 1. The number of nitrogens with one attached hydrogen (secondary N) is 1. The molecule has 186 valence electrons. The van der Waals surface area contributed by atoms with Gasteiger partial charge in [-0.2, -0.15) is 0 Å². The largest absolute Gasteiger partial charge is 0.382 e. The summed E-state index contributed by atoms with van der Waals surface area (Å²) < 4.78 is 40.8. The van der Waals surface area contributed by atoms with Crippen LogP contribution in [0.15, 0.2) is 30.6 Å².